The van der Waals surface area contributed by atoms with E-state index in [9.17, 15) is 4.79 Å². The van der Waals surface area contributed by atoms with Crippen LogP contribution in [0, 0.1) is 24.2 Å². The van der Waals surface area contributed by atoms with E-state index in [1.54, 1.807) is 6.92 Å². The van der Waals surface area contributed by atoms with Crippen LogP contribution in [0.5, 0.6) is 0 Å². The minimum Gasteiger partial charge on any atom is -0.361 e. The van der Waals surface area contributed by atoms with Crippen LogP contribution in [0.15, 0.2) is 24.4 Å². The maximum atomic E-state index is 11.9. The molecule has 0 aliphatic carbocycles. The van der Waals surface area contributed by atoms with Gasteiger partial charge in [0.05, 0.1) is 18.4 Å². The monoisotopic (exact) mass is 255 g/mol. The van der Waals surface area contributed by atoms with E-state index >= 15 is 0 Å². The first-order chi connectivity index (χ1) is 9.11. The number of aromatic amines is 1. The van der Waals surface area contributed by atoms with Crippen molar-refractivity contribution in [1.82, 2.24) is 10.3 Å². The highest BCUT2D eigenvalue weighted by Gasteiger charge is 2.11. The number of H-pyrrole nitrogens is 1. The number of hydrogen-bond donors (Lipinski definition) is 2. The molecule has 2 aromatic rings. The summed E-state index contributed by atoms with van der Waals surface area (Å²) >= 11 is 0. The smallest absolute Gasteiger partial charge is 0.224 e. The highest BCUT2D eigenvalue weighted by atomic mass is 16.1. The average Bonchev–Trinajstić information content (AvgIpc) is 2.80. The normalized spacial score (nSPS) is 12.1. The molecule has 4 heteroatoms. The Morgan fingerprint density at radius 1 is 1.53 bits per heavy atom. The molecule has 0 radical (unpaired) electrons. The van der Waals surface area contributed by atoms with E-state index in [0.717, 1.165) is 22.0 Å². The van der Waals surface area contributed by atoms with Crippen LogP contribution in [0.4, 0.5) is 0 Å². The van der Waals surface area contributed by atoms with Crippen LogP contribution in [0.3, 0.4) is 0 Å². The van der Waals surface area contributed by atoms with Crippen molar-refractivity contribution in [1.29, 1.82) is 5.26 Å². The average molecular weight is 255 g/mol. The van der Waals surface area contributed by atoms with Gasteiger partial charge >= 0.3 is 0 Å². The number of aromatic nitrogens is 1. The molecule has 1 aromatic heterocycles. The van der Waals surface area contributed by atoms with Crippen LogP contribution in [-0.4, -0.2) is 17.4 Å². The molecule has 1 atom stereocenters. The lowest BCUT2D eigenvalue weighted by Gasteiger charge is -2.06. The van der Waals surface area contributed by atoms with Crippen molar-refractivity contribution in [2.45, 2.75) is 20.3 Å². The van der Waals surface area contributed by atoms with Crippen molar-refractivity contribution in [2.24, 2.45) is 5.92 Å². The first-order valence-corrected chi connectivity index (χ1v) is 6.33. The zero-order chi connectivity index (χ0) is 13.8. The third-order valence-corrected chi connectivity index (χ3v) is 3.17. The van der Waals surface area contributed by atoms with Crippen LogP contribution in [0.2, 0.25) is 0 Å². The zero-order valence-corrected chi connectivity index (χ0v) is 11.2. The second-order valence-electron chi connectivity index (χ2n) is 4.82. The van der Waals surface area contributed by atoms with Gasteiger partial charge in [-0.05, 0) is 31.0 Å². The SMILES string of the molecule is Cc1cccc2[nH]cc(CC(=O)NCC(C)C#N)c12. The number of benzene rings is 1. The van der Waals surface area contributed by atoms with Crippen LogP contribution in [0.25, 0.3) is 10.9 Å². The highest BCUT2D eigenvalue weighted by Crippen LogP contribution is 2.22. The summed E-state index contributed by atoms with van der Waals surface area (Å²) in [5.41, 5.74) is 3.20. The van der Waals surface area contributed by atoms with Gasteiger partial charge in [-0.25, -0.2) is 0 Å². The largest absolute Gasteiger partial charge is 0.361 e. The Morgan fingerprint density at radius 2 is 2.32 bits per heavy atom. The number of fused-ring (bicyclic) bond motifs is 1. The van der Waals surface area contributed by atoms with Crippen molar-refractivity contribution in [3.8, 4) is 6.07 Å². The number of amides is 1. The number of hydrogen-bond acceptors (Lipinski definition) is 2. The molecule has 19 heavy (non-hydrogen) atoms. The number of nitrogens with one attached hydrogen (secondary N) is 2. The summed E-state index contributed by atoms with van der Waals surface area (Å²) in [6.07, 6.45) is 2.22. The molecule has 0 aliphatic heterocycles. The molecule has 1 amide bonds. The second-order valence-corrected chi connectivity index (χ2v) is 4.82. The summed E-state index contributed by atoms with van der Waals surface area (Å²) in [6.45, 7) is 4.22. The zero-order valence-electron chi connectivity index (χ0n) is 11.2. The third-order valence-electron chi connectivity index (χ3n) is 3.17. The van der Waals surface area contributed by atoms with Crippen LogP contribution < -0.4 is 5.32 Å². The van der Waals surface area contributed by atoms with Crippen molar-refractivity contribution in [2.75, 3.05) is 6.54 Å². The molecule has 4 nitrogen and oxygen atoms in total. The van der Waals surface area contributed by atoms with Gasteiger partial charge in [-0.3, -0.25) is 4.79 Å². The van der Waals surface area contributed by atoms with E-state index in [2.05, 4.69) is 16.4 Å². The van der Waals surface area contributed by atoms with E-state index in [1.807, 2.05) is 31.3 Å². The lowest BCUT2D eigenvalue weighted by Crippen LogP contribution is -2.29. The first kappa shape index (κ1) is 13.2. The predicted octanol–water partition coefficient (Wildman–Crippen LogP) is 2.29. The van der Waals surface area contributed by atoms with Crippen LogP contribution in [-0.2, 0) is 11.2 Å². The first-order valence-electron chi connectivity index (χ1n) is 6.33. The fraction of sp³-hybridized carbons (Fsp3) is 0.333. The Kier molecular flexibility index (Phi) is 3.86. The summed E-state index contributed by atoms with van der Waals surface area (Å²) in [5, 5.41) is 12.6. The van der Waals surface area contributed by atoms with E-state index in [0.29, 0.717) is 13.0 Å². The minimum absolute atomic E-state index is 0.0498. The van der Waals surface area contributed by atoms with Crippen LogP contribution >= 0.6 is 0 Å². The molecular weight excluding hydrogens is 238 g/mol. The van der Waals surface area contributed by atoms with Crippen molar-refractivity contribution >= 4 is 16.8 Å². The van der Waals surface area contributed by atoms with Crippen LogP contribution in [0.1, 0.15) is 18.1 Å². The molecule has 98 valence electrons. The lowest BCUT2D eigenvalue weighted by molar-refractivity contribution is -0.120. The molecule has 2 N–H and O–H groups in total. The van der Waals surface area contributed by atoms with Gasteiger partial charge in [-0.15, -0.1) is 0 Å². The van der Waals surface area contributed by atoms with Gasteiger partial charge in [0.15, 0.2) is 0 Å². The molecule has 0 bridgehead atoms. The van der Waals surface area contributed by atoms with Crippen molar-refractivity contribution in [3.05, 3.63) is 35.5 Å². The molecular formula is C15H17N3O. The number of rotatable bonds is 4. The summed E-state index contributed by atoms with van der Waals surface area (Å²) in [4.78, 5) is 15.0. The van der Waals surface area contributed by atoms with Gasteiger partial charge in [0.2, 0.25) is 5.91 Å². The number of carbonyl (C=O) groups excluding carboxylic acids is 1. The van der Waals surface area contributed by atoms with E-state index in [1.165, 1.54) is 0 Å². The summed E-state index contributed by atoms with van der Waals surface area (Å²) in [6, 6.07) is 8.13. The number of nitrogens with zero attached hydrogens (tertiary/aromatic N) is 1. The number of carbonyl (C=O) groups is 1. The Morgan fingerprint density at radius 3 is 3.05 bits per heavy atom. The molecule has 1 heterocycles. The number of aryl methyl sites for hydroxylation is 1. The van der Waals surface area contributed by atoms with Gasteiger partial charge in [-0.2, -0.15) is 5.26 Å². The molecule has 2 rings (SSSR count). The molecule has 0 saturated carbocycles. The topological polar surface area (TPSA) is 68.7 Å². The molecule has 0 spiro atoms. The molecule has 1 aromatic carbocycles. The molecule has 0 saturated heterocycles. The quantitative estimate of drug-likeness (QED) is 0.880. The fourth-order valence-corrected chi connectivity index (χ4v) is 2.14. The standard InChI is InChI=1S/C15H17N3O/c1-10(7-16)8-18-14(19)6-12-9-17-13-5-3-4-11(2)15(12)13/h3-5,9-10,17H,6,8H2,1-2H3,(H,18,19). The molecule has 0 fully saturated rings. The maximum absolute atomic E-state index is 11.9. The minimum atomic E-state index is -0.159. The second kappa shape index (κ2) is 5.57. The summed E-state index contributed by atoms with van der Waals surface area (Å²) in [5.74, 6) is -0.208. The van der Waals surface area contributed by atoms with E-state index in [4.69, 9.17) is 5.26 Å². The van der Waals surface area contributed by atoms with E-state index < -0.39 is 0 Å². The molecule has 1 unspecified atom stereocenters. The third kappa shape index (κ3) is 2.94. The van der Waals surface area contributed by atoms with Gasteiger partial charge in [-0.1, -0.05) is 12.1 Å². The van der Waals surface area contributed by atoms with Gasteiger partial charge in [0.25, 0.3) is 0 Å². The summed E-state index contributed by atoms with van der Waals surface area (Å²) in [7, 11) is 0. The lowest BCUT2D eigenvalue weighted by atomic mass is 10.1. The Hall–Kier alpha value is -2.28. The van der Waals surface area contributed by atoms with Gasteiger partial charge in [0.1, 0.15) is 0 Å². The number of nitriles is 1. The summed E-state index contributed by atoms with van der Waals surface area (Å²) < 4.78 is 0. The van der Waals surface area contributed by atoms with Gasteiger partial charge < -0.3 is 10.3 Å². The van der Waals surface area contributed by atoms with Crippen molar-refractivity contribution in [3.63, 3.8) is 0 Å². The van der Waals surface area contributed by atoms with Crippen molar-refractivity contribution < 1.29 is 4.79 Å². The highest BCUT2D eigenvalue weighted by molar-refractivity contribution is 5.91. The van der Waals surface area contributed by atoms with E-state index in [-0.39, 0.29) is 11.8 Å². The molecule has 0 aliphatic rings. The predicted molar refractivity (Wildman–Crippen MR) is 74.5 cm³/mol. The maximum Gasteiger partial charge on any atom is 0.224 e. The Balaban J connectivity index is 2.10. The van der Waals surface area contributed by atoms with Gasteiger partial charge in [0, 0.05) is 23.6 Å². The Bertz CT molecular complexity index is 636. The fourth-order valence-electron chi connectivity index (χ4n) is 2.14. The Labute approximate surface area is 112 Å².